The Morgan fingerprint density at radius 2 is 1.58 bits per heavy atom. The third-order valence-corrected chi connectivity index (χ3v) is 10.7. The van der Waals surface area contributed by atoms with Gasteiger partial charge in [0.05, 0.1) is 17.6 Å². The van der Waals surface area contributed by atoms with Crippen LogP contribution in [0, 0.1) is 0 Å². The van der Waals surface area contributed by atoms with Crippen molar-refractivity contribution in [3.63, 3.8) is 0 Å². The van der Waals surface area contributed by atoms with E-state index in [0.29, 0.717) is 23.5 Å². The summed E-state index contributed by atoms with van der Waals surface area (Å²) < 4.78 is 33.6. The molecule has 2 heterocycles. The van der Waals surface area contributed by atoms with Crippen LogP contribution in [-0.2, 0) is 40.8 Å². The molecule has 8 nitrogen and oxygen atoms in total. The molecule has 0 radical (unpaired) electrons. The lowest BCUT2D eigenvalue weighted by Gasteiger charge is -2.27. The lowest BCUT2D eigenvalue weighted by atomic mass is 10.0. The molecule has 1 aliphatic rings. The predicted molar refractivity (Wildman–Crippen MR) is 169 cm³/mol. The molecule has 0 spiro atoms. The van der Waals surface area contributed by atoms with Crippen LogP contribution in [0.1, 0.15) is 56.1 Å². The topological polar surface area (TPSA) is 96.0 Å². The van der Waals surface area contributed by atoms with Gasteiger partial charge < -0.3 is 10.1 Å². The van der Waals surface area contributed by atoms with Crippen LogP contribution in [0.25, 0.3) is 0 Å². The van der Waals surface area contributed by atoms with Crippen molar-refractivity contribution in [2.24, 2.45) is 0 Å². The minimum Gasteiger partial charge on any atom is -0.465 e. The van der Waals surface area contributed by atoms with E-state index >= 15 is 0 Å². The van der Waals surface area contributed by atoms with Crippen LogP contribution in [0.15, 0.2) is 89.8 Å². The number of amides is 1. The number of nitrogens with zero attached hydrogens (tertiary/aromatic N) is 2. The highest BCUT2D eigenvalue weighted by molar-refractivity contribution is 7.89. The first kappa shape index (κ1) is 30.6. The van der Waals surface area contributed by atoms with Crippen molar-refractivity contribution in [3.8, 4) is 0 Å². The first-order valence-electron chi connectivity index (χ1n) is 14.1. The lowest BCUT2D eigenvalue weighted by molar-refractivity contribution is 0.0600. The maximum absolute atomic E-state index is 13.5. The van der Waals surface area contributed by atoms with Crippen LogP contribution in [-0.4, -0.2) is 49.2 Å². The van der Waals surface area contributed by atoms with E-state index in [2.05, 4.69) is 22.3 Å². The number of hydrogen-bond acceptors (Lipinski definition) is 7. The fraction of sp³-hybridized carbons (Fsp3) is 0.273. The summed E-state index contributed by atoms with van der Waals surface area (Å²) in [4.78, 5) is 29.6. The van der Waals surface area contributed by atoms with Gasteiger partial charge in [0.1, 0.15) is 5.00 Å². The minimum atomic E-state index is -3.81. The Morgan fingerprint density at radius 3 is 2.19 bits per heavy atom. The van der Waals surface area contributed by atoms with Crippen LogP contribution < -0.4 is 5.32 Å². The number of carbonyl (C=O) groups excluding carboxylic acids is 2. The molecule has 1 amide bonds. The molecule has 1 aromatic heterocycles. The van der Waals surface area contributed by atoms with Gasteiger partial charge in [-0.25, -0.2) is 13.2 Å². The molecule has 5 rings (SSSR count). The zero-order chi connectivity index (χ0) is 30.6. The maximum atomic E-state index is 13.5. The molecule has 0 aliphatic carbocycles. The average molecular weight is 618 g/mol. The number of anilines is 1. The Balaban J connectivity index is 1.34. The summed E-state index contributed by atoms with van der Waals surface area (Å²) in [6.45, 7) is 6.15. The number of methoxy groups -OCH3 is 1. The molecule has 1 aliphatic heterocycles. The van der Waals surface area contributed by atoms with Gasteiger partial charge in [-0.05, 0) is 61.2 Å². The third kappa shape index (κ3) is 6.88. The number of nitrogens with one attached hydrogen (secondary N) is 1. The predicted octanol–water partition coefficient (Wildman–Crippen LogP) is 5.94. The molecule has 0 atom stereocenters. The highest BCUT2D eigenvalue weighted by atomic mass is 32.2. The van der Waals surface area contributed by atoms with Gasteiger partial charge in [0, 0.05) is 42.7 Å². The van der Waals surface area contributed by atoms with Gasteiger partial charge >= 0.3 is 5.97 Å². The van der Waals surface area contributed by atoms with Crippen molar-refractivity contribution >= 4 is 38.2 Å². The number of hydrogen-bond donors (Lipinski definition) is 1. The second-order valence-corrected chi connectivity index (χ2v) is 13.7. The Labute approximate surface area is 257 Å². The van der Waals surface area contributed by atoms with Crippen molar-refractivity contribution in [3.05, 3.63) is 118 Å². The van der Waals surface area contributed by atoms with Crippen LogP contribution in [0.2, 0.25) is 0 Å². The van der Waals surface area contributed by atoms with Gasteiger partial charge in [-0.15, -0.1) is 11.3 Å². The SMILES string of the molecule is COC(=O)c1c(NC(=O)c2ccc(S(=O)(=O)N(Cc3ccccc3)C(C)C)cc2)sc2c1CCN(Cc1ccccc1)C2. The standard InChI is InChI=1S/C33H35N3O5S2/c1-23(2)36(21-25-12-8-5-9-13-25)43(39,40)27-16-14-26(15-17-27)31(37)34-32-30(33(38)41-3)28-18-19-35(22-29(28)42-32)20-24-10-6-4-7-11-24/h4-17,23H,18-22H2,1-3H3,(H,34,37). The summed E-state index contributed by atoms with van der Waals surface area (Å²) in [5.74, 6) is -0.920. The second kappa shape index (κ2) is 13.2. The number of fused-ring (bicyclic) bond motifs is 1. The number of benzene rings is 3. The molecule has 0 bridgehead atoms. The summed E-state index contributed by atoms with van der Waals surface area (Å²) in [6, 6.07) is 25.3. The summed E-state index contributed by atoms with van der Waals surface area (Å²) in [5.41, 5.74) is 3.68. The Morgan fingerprint density at radius 1 is 0.953 bits per heavy atom. The van der Waals surface area contributed by atoms with Gasteiger partial charge in [-0.3, -0.25) is 9.69 Å². The van der Waals surface area contributed by atoms with Gasteiger partial charge in [0.15, 0.2) is 0 Å². The van der Waals surface area contributed by atoms with E-state index in [9.17, 15) is 18.0 Å². The van der Waals surface area contributed by atoms with E-state index in [0.717, 1.165) is 29.1 Å². The van der Waals surface area contributed by atoms with E-state index in [1.807, 2.05) is 62.4 Å². The summed E-state index contributed by atoms with van der Waals surface area (Å²) in [6.07, 6.45) is 0.668. The fourth-order valence-corrected chi connectivity index (χ4v) is 8.13. The monoisotopic (exact) mass is 617 g/mol. The highest BCUT2D eigenvalue weighted by Crippen LogP contribution is 2.38. The van der Waals surface area contributed by atoms with E-state index in [1.54, 1.807) is 0 Å². The van der Waals surface area contributed by atoms with E-state index in [1.165, 1.54) is 52.6 Å². The molecule has 4 aromatic rings. The van der Waals surface area contributed by atoms with Crippen molar-refractivity contribution in [1.82, 2.24) is 9.21 Å². The molecule has 224 valence electrons. The molecule has 1 N–H and O–H groups in total. The van der Waals surface area contributed by atoms with Gasteiger partial charge in [0.25, 0.3) is 5.91 Å². The molecule has 0 saturated heterocycles. The fourth-order valence-electron chi connectivity index (χ4n) is 5.24. The largest absolute Gasteiger partial charge is 0.465 e. The van der Waals surface area contributed by atoms with Gasteiger partial charge in [0.2, 0.25) is 10.0 Å². The number of thiophene rings is 1. The molecular weight excluding hydrogens is 583 g/mol. The van der Waals surface area contributed by atoms with Crippen molar-refractivity contribution in [1.29, 1.82) is 0 Å². The zero-order valence-electron chi connectivity index (χ0n) is 24.4. The molecule has 0 fully saturated rings. The second-order valence-electron chi connectivity index (χ2n) is 10.8. The first-order chi connectivity index (χ1) is 20.7. The number of sulfonamides is 1. The summed E-state index contributed by atoms with van der Waals surface area (Å²) in [5, 5.41) is 3.33. The highest BCUT2D eigenvalue weighted by Gasteiger charge is 2.30. The van der Waals surface area contributed by atoms with Gasteiger partial charge in [-0.1, -0.05) is 60.7 Å². The maximum Gasteiger partial charge on any atom is 0.341 e. The van der Waals surface area contributed by atoms with Crippen LogP contribution in [0.3, 0.4) is 0 Å². The van der Waals surface area contributed by atoms with Crippen molar-refractivity contribution in [2.75, 3.05) is 19.0 Å². The number of carbonyl (C=O) groups is 2. The quantitative estimate of drug-likeness (QED) is 0.221. The van der Waals surface area contributed by atoms with E-state index in [4.69, 9.17) is 4.74 Å². The Bertz CT molecular complexity index is 1690. The van der Waals surface area contributed by atoms with Crippen LogP contribution >= 0.6 is 11.3 Å². The smallest absolute Gasteiger partial charge is 0.341 e. The van der Waals surface area contributed by atoms with Crippen LogP contribution in [0.5, 0.6) is 0 Å². The Kier molecular flexibility index (Phi) is 9.41. The van der Waals surface area contributed by atoms with E-state index < -0.39 is 21.9 Å². The lowest BCUT2D eigenvalue weighted by Crippen LogP contribution is -2.36. The zero-order valence-corrected chi connectivity index (χ0v) is 26.1. The molecular formula is C33H35N3O5S2. The third-order valence-electron chi connectivity index (χ3n) is 7.48. The summed E-state index contributed by atoms with van der Waals surface area (Å²) >= 11 is 1.38. The van der Waals surface area contributed by atoms with E-state index in [-0.39, 0.29) is 23.0 Å². The average Bonchev–Trinajstić information content (AvgIpc) is 3.37. The number of rotatable bonds is 10. The molecule has 0 unspecified atom stereocenters. The molecule has 0 saturated carbocycles. The molecule has 3 aromatic carbocycles. The van der Waals surface area contributed by atoms with Crippen LogP contribution in [0.4, 0.5) is 5.00 Å². The number of ether oxygens (including phenoxy) is 1. The molecule has 43 heavy (non-hydrogen) atoms. The van der Waals surface area contributed by atoms with Crippen molar-refractivity contribution in [2.45, 2.75) is 50.8 Å². The normalized spacial score (nSPS) is 13.6. The Hall–Kier alpha value is -3.83. The minimum absolute atomic E-state index is 0.106. The van der Waals surface area contributed by atoms with Gasteiger partial charge in [-0.2, -0.15) is 4.31 Å². The molecule has 10 heteroatoms. The van der Waals surface area contributed by atoms with Crippen molar-refractivity contribution < 1.29 is 22.7 Å². The summed E-state index contributed by atoms with van der Waals surface area (Å²) in [7, 11) is -2.48. The first-order valence-corrected chi connectivity index (χ1v) is 16.4. The number of esters is 1.